The highest BCUT2D eigenvalue weighted by Crippen LogP contribution is 2.26. The molecule has 0 aliphatic carbocycles. The summed E-state index contributed by atoms with van der Waals surface area (Å²) in [5.41, 5.74) is 2.53. The van der Waals surface area contributed by atoms with Crippen molar-refractivity contribution in [3.05, 3.63) is 77.4 Å². The average Bonchev–Trinajstić information content (AvgIpc) is 2.71. The number of hydrogen-bond donors (Lipinski definition) is 0. The van der Waals surface area contributed by atoms with Crippen LogP contribution in [0.5, 0.6) is 5.75 Å². The number of amides is 1. The van der Waals surface area contributed by atoms with Crippen LogP contribution in [-0.2, 0) is 11.3 Å². The highest BCUT2D eigenvalue weighted by atomic mass is 16.5. The second-order valence-corrected chi connectivity index (χ2v) is 6.70. The first-order valence-electron chi connectivity index (χ1n) is 8.83. The van der Waals surface area contributed by atoms with E-state index in [1.165, 1.54) is 0 Å². The Morgan fingerprint density at radius 3 is 2.59 bits per heavy atom. The molecule has 3 aromatic rings. The lowest BCUT2D eigenvalue weighted by molar-refractivity contribution is -0.131. The highest BCUT2D eigenvalue weighted by molar-refractivity contribution is 5.88. The first kappa shape index (κ1) is 18.5. The van der Waals surface area contributed by atoms with Crippen molar-refractivity contribution < 1.29 is 9.53 Å². The van der Waals surface area contributed by atoms with Gasteiger partial charge in [0.25, 0.3) is 0 Å². The molecule has 1 atom stereocenters. The first-order chi connectivity index (χ1) is 13.0. The van der Waals surface area contributed by atoms with Gasteiger partial charge in [0.15, 0.2) is 0 Å². The van der Waals surface area contributed by atoms with Gasteiger partial charge >= 0.3 is 0 Å². The Bertz CT molecular complexity index is 1020. The monoisotopic (exact) mass is 358 g/mol. The molecular weight excluding hydrogens is 336 g/mol. The molecule has 4 heteroatoms. The van der Waals surface area contributed by atoms with Crippen LogP contribution in [0.4, 0.5) is 0 Å². The van der Waals surface area contributed by atoms with Crippen molar-refractivity contribution in [2.45, 2.75) is 19.4 Å². The smallest absolute Gasteiger partial charge is 0.229 e. The molecule has 4 nitrogen and oxygen atoms in total. The first-order valence-corrected chi connectivity index (χ1v) is 8.83. The molecular formula is C23H22N2O2. The van der Waals surface area contributed by atoms with Crippen molar-refractivity contribution in [2.75, 3.05) is 14.2 Å². The van der Waals surface area contributed by atoms with Crippen molar-refractivity contribution in [1.82, 2.24) is 4.90 Å². The van der Waals surface area contributed by atoms with Gasteiger partial charge in [0.05, 0.1) is 24.7 Å². The van der Waals surface area contributed by atoms with Crippen LogP contribution in [0.2, 0.25) is 0 Å². The predicted octanol–water partition coefficient (Wildman–Crippen LogP) is 4.48. The maximum absolute atomic E-state index is 12.9. The molecule has 0 fully saturated rings. The standard InChI is InChI=1S/C23H22N2O2/c1-16(19-7-8-21-13-22(27-3)10-9-20(21)12-19)23(26)25(2)15-18-6-4-5-17(11-18)14-24/h4-13,16H,15H2,1-3H3/t16-/m0/s1. The molecule has 0 N–H and O–H groups in total. The van der Waals surface area contributed by atoms with Crippen LogP contribution in [0.3, 0.4) is 0 Å². The SMILES string of the molecule is COc1ccc2cc([C@H](C)C(=O)N(C)Cc3cccc(C#N)c3)ccc2c1. The lowest BCUT2D eigenvalue weighted by Crippen LogP contribution is -2.30. The van der Waals surface area contributed by atoms with Crippen LogP contribution in [-0.4, -0.2) is 25.0 Å². The highest BCUT2D eigenvalue weighted by Gasteiger charge is 2.20. The van der Waals surface area contributed by atoms with Crippen molar-refractivity contribution in [3.8, 4) is 11.8 Å². The molecule has 0 radical (unpaired) electrons. The Kier molecular flexibility index (Phi) is 5.42. The van der Waals surface area contributed by atoms with E-state index < -0.39 is 0 Å². The number of hydrogen-bond acceptors (Lipinski definition) is 3. The fraction of sp³-hybridized carbons (Fsp3) is 0.217. The lowest BCUT2D eigenvalue weighted by Gasteiger charge is -2.22. The predicted molar refractivity (Wildman–Crippen MR) is 107 cm³/mol. The molecule has 0 aliphatic heterocycles. The van der Waals surface area contributed by atoms with Gasteiger partial charge in [-0.15, -0.1) is 0 Å². The summed E-state index contributed by atoms with van der Waals surface area (Å²) in [4.78, 5) is 14.6. The number of likely N-dealkylation sites (N-methyl/N-ethyl adjacent to an activating group) is 1. The fourth-order valence-corrected chi connectivity index (χ4v) is 3.20. The van der Waals surface area contributed by atoms with Gasteiger partial charge in [-0.1, -0.05) is 36.4 Å². The van der Waals surface area contributed by atoms with Gasteiger partial charge < -0.3 is 9.64 Å². The molecule has 0 spiro atoms. The molecule has 0 aromatic heterocycles. The second-order valence-electron chi connectivity index (χ2n) is 6.70. The number of nitrogens with zero attached hydrogens (tertiary/aromatic N) is 2. The number of carbonyl (C=O) groups is 1. The third-order valence-corrected chi connectivity index (χ3v) is 4.79. The minimum atomic E-state index is -0.249. The zero-order chi connectivity index (χ0) is 19.4. The van der Waals surface area contributed by atoms with Crippen molar-refractivity contribution in [3.63, 3.8) is 0 Å². The van der Waals surface area contributed by atoms with Crippen LogP contribution in [0.1, 0.15) is 29.5 Å². The number of carbonyl (C=O) groups excluding carboxylic acids is 1. The van der Waals surface area contributed by atoms with Crippen molar-refractivity contribution in [2.24, 2.45) is 0 Å². The molecule has 0 unspecified atom stereocenters. The average molecular weight is 358 g/mol. The van der Waals surface area contributed by atoms with Gasteiger partial charge in [0.2, 0.25) is 5.91 Å². The maximum Gasteiger partial charge on any atom is 0.229 e. The Balaban J connectivity index is 1.77. The van der Waals surface area contributed by atoms with Gasteiger partial charge in [-0.25, -0.2) is 0 Å². The summed E-state index contributed by atoms with van der Waals surface area (Å²) >= 11 is 0. The zero-order valence-electron chi connectivity index (χ0n) is 15.8. The minimum Gasteiger partial charge on any atom is -0.497 e. The van der Waals surface area contributed by atoms with E-state index in [0.29, 0.717) is 12.1 Å². The molecule has 0 saturated heterocycles. The van der Waals surface area contributed by atoms with E-state index in [-0.39, 0.29) is 11.8 Å². The minimum absolute atomic E-state index is 0.0465. The third kappa shape index (κ3) is 4.09. The number of rotatable bonds is 5. The molecule has 136 valence electrons. The zero-order valence-corrected chi connectivity index (χ0v) is 15.8. The van der Waals surface area contributed by atoms with Gasteiger partial charge in [0, 0.05) is 13.6 Å². The summed E-state index contributed by atoms with van der Waals surface area (Å²) in [5.74, 6) is 0.615. The number of methoxy groups -OCH3 is 1. The fourth-order valence-electron chi connectivity index (χ4n) is 3.20. The summed E-state index contributed by atoms with van der Waals surface area (Å²) in [6, 6.07) is 21.5. The van der Waals surface area contributed by atoms with Crippen LogP contribution in [0, 0.1) is 11.3 Å². The van der Waals surface area contributed by atoms with Gasteiger partial charge in [-0.05, 0) is 53.1 Å². The Morgan fingerprint density at radius 2 is 1.85 bits per heavy atom. The maximum atomic E-state index is 12.9. The normalized spacial score (nSPS) is 11.6. The molecule has 1 amide bonds. The van der Waals surface area contributed by atoms with Gasteiger partial charge in [0.1, 0.15) is 5.75 Å². The van der Waals surface area contributed by atoms with Gasteiger partial charge in [-0.3, -0.25) is 4.79 Å². The molecule has 3 aromatic carbocycles. The van der Waals surface area contributed by atoms with Crippen molar-refractivity contribution in [1.29, 1.82) is 5.26 Å². The molecule has 3 rings (SSSR count). The number of nitriles is 1. The molecule has 0 bridgehead atoms. The molecule has 0 saturated carbocycles. The van der Waals surface area contributed by atoms with Crippen LogP contribution < -0.4 is 4.74 Å². The second kappa shape index (κ2) is 7.92. The van der Waals surface area contributed by atoms with E-state index in [1.54, 1.807) is 25.1 Å². The summed E-state index contributed by atoms with van der Waals surface area (Å²) < 4.78 is 5.26. The summed E-state index contributed by atoms with van der Waals surface area (Å²) in [7, 11) is 3.45. The van der Waals surface area contributed by atoms with Crippen LogP contribution in [0.25, 0.3) is 10.8 Å². The Labute approximate surface area is 159 Å². The van der Waals surface area contributed by atoms with E-state index in [9.17, 15) is 4.79 Å². The van der Waals surface area contributed by atoms with Crippen LogP contribution in [0.15, 0.2) is 60.7 Å². The largest absolute Gasteiger partial charge is 0.497 e. The van der Waals surface area contributed by atoms with E-state index in [1.807, 2.05) is 55.5 Å². The molecule has 0 heterocycles. The Morgan fingerprint density at radius 1 is 1.11 bits per heavy atom. The van der Waals surface area contributed by atoms with Gasteiger partial charge in [-0.2, -0.15) is 5.26 Å². The molecule has 27 heavy (non-hydrogen) atoms. The quantitative estimate of drug-likeness (QED) is 0.675. The van der Waals surface area contributed by atoms with E-state index in [4.69, 9.17) is 10.00 Å². The number of ether oxygens (including phenoxy) is 1. The van der Waals surface area contributed by atoms with E-state index >= 15 is 0 Å². The van der Waals surface area contributed by atoms with Crippen LogP contribution >= 0.6 is 0 Å². The third-order valence-electron chi connectivity index (χ3n) is 4.79. The number of benzene rings is 3. The Hall–Kier alpha value is -3.32. The molecule has 0 aliphatic rings. The van der Waals surface area contributed by atoms with Crippen molar-refractivity contribution >= 4 is 16.7 Å². The summed E-state index contributed by atoms with van der Waals surface area (Å²) in [6.07, 6.45) is 0. The summed E-state index contributed by atoms with van der Waals surface area (Å²) in [5, 5.41) is 11.2. The van der Waals surface area contributed by atoms with E-state index in [0.717, 1.165) is 27.6 Å². The topological polar surface area (TPSA) is 53.3 Å². The lowest BCUT2D eigenvalue weighted by atomic mass is 9.96. The number of fused-ring (bicyclic) bond motifs is 1. The van der Waals surface area contributed by atoms with E-state index in [2.05, 4.69) is 12.1 Å². The summed E-state index contributed by atoms with van der Waals surface area (Å²) in [6.45, 7) is 2.40.